The summed E-state index contributed by atoms with van der Waals surface area (Å²) in [6.07, 6.45) is 1.43. The molecule has 0 aliphatic carbocycles. The van der Waals surface area contributed by atoms with Crippen LogP contribution in [0.2, 0.25) is 0 Å². The molecule has 0 amide bonds. The van der Waals surface area contributed by atoms with E-state index >= 15 is 0 Å². The molecule has 0 bridgehead atoms. The zero-order chi connectivity index (χ0) is 12.0. The zero-order valence-electron chi connectivity index (χ0n) is 10.0. The van der Waals surface area contributed by atoms with Crippen molar-refractivity contribution in [2.75, 3.05) is 7.11 Å². The first-order chi connectivity index (χ1) is 7.67. The molecule has 4 heteroatoms. The Morgan fingerprint density at radius 3 is 2.88 bits per heavy atom. The van der Waals surface area contributed by atoms with E-state index in [-0.39, 0.29) is 12.0 Å². The van der Waals surface area contributed by atoms with Gasteiger partial charge in [0.25, 0.3) is 0 Å². The van der Waals surface area contributed by atoms with E-state index in [1.165, 1.54) is 12.0 Å². The Labute approximate surface area is 101 Å². The number of nitrogens with one attached hydrogen (secondary N) is 1. The predicted octanol–water partition coefficient (Wildman–Crippen LogP) is 2.74. The van der Waals surface area contributed by atoms with Gasteiger partial charge in [0.15, 0.2) is 0 Å². The summed E-state index contributed by atoms with van der Waals surface area (Å²) in [7, 11) is 1.42. The molecule has 2 atom stereocenters. The molecule has 0 fully saturated rings. The minimum absolute atomic E-state index is 0.138. The molecule has 1 heterocycles. The van der Waals surface area contributed by atoms with Crippen molar-refractivity contribution in [3.63, 3.8) is 0 Å². The van der Waals surface area contributed by atoms with E-state index in [0.29, 0.717) is 12.5 Å². The normalized spacial score (nSPS) is 14.4. The number of carbonyl (C=O) groups excluding carboxylic acids is 1. The fourth-order valence-electron chi connectivity index (χ4n) is 1.63. The average Bonchev–Trinajstić information content (AvgIpc) is 2.79. The molecule has 1 N–H and O–H groups in total. The quantitative estimate of drug-likeness (QED) is 0.778. The van der Waals surface area contributed by atoms with Gasteiger partial charge in [-0.1, -0.05) is 13.0 Å². The molecule has 0 aliphatic heterocycles. The molecule has 2 unspecified atom stereocenters. The van der Waals surface area contributed by atoms with Crippen molar-refractivity contribution in [1.82, 2.24) is 5.32 Å². The molecule has 1 aromatic heterocycles. The minimum Gasteiger partial charge on any atom is -0.469 e. The van der Waals surface area contributed by atoms with E-state index in [0.717, 1.165) is 6.42 Å². The van der Waals surface area contributed by atoms with Crippen molar-refractivity contribution >= 4 is 17.3 Å². The first-order valence-electron chi connectivity index (χ1n) is 5.53. The summed E-state index contributed by atoms with van der Waals surface area (Å²) in [4.78, 5) is 12.4. The highest BCUT2D eigenvalue weighted by Crippen LogP contribution is 2.22. The third kappa shape index (κ3) is 3.94. The third-order valence-electron chi connectivity index (χ3n) is 2.48. The van der Waals surface area contributed by atoms with Crippen molar-refractivity contribution in [3.8, 4) is 0 Å². The van der Waals surface area contributed by atoms with Crippen LogP contribution in [0, 0.1) is 0 Å². The second-order valence-corrected chi connectivity index (χ2v) is 4.80. The first kappa shape index (κ1) is 13.2. The van der Waals surface area contributed by atoms with Gasteiger partial charge in [-0.3, -0.25) is 4.79 Å². The summed E-state index contributed by atoms with van der Waals surface area (Å²) in [5.74, 6) is -0.166. The predicted molar refractivity (Wildman–Crippen MR) is 66.6 cm³/mol. The van der Waals surface area contributed by atoms with E-state index in [4.69, 9.17) is 0 Å². The second-order valence-electron chi connectivity index (χ2n) is 3.82. The van der Waals surface area contributed by atoms with Crippen LogP contribution in [0.5, 0.6) is 0 Å². The van der Waals surface area contributed by atoms with Gasteiger partial charge < -0.3 is 10.1 Å². The summed E-state index contributed by atoms with van der Waals surface area (Å²) in [6, 6.07) is 4.64. The van der Waals surface area contributed by atoms with Crippen LogP contribution in [0.4, 0.5) is 0 Å². The molecule has 1 rings (SSSR count). The highest BCUT2D eigenvalue weighted by molar-refractivity contribution is 7.10. The van der Waals surface area contributed by atoms with Crippen LogP contribution in [-0.4, -0.2) is 19.1 Å². The maximum absolute atomic E-state index is 11.1. The van der Waals surface area contributed by atoms with Gasteiger partial charge in [-0.15, -0.1) is 11.3 Å². The van der Waals surface area contributed by atoms with Gasteiger partial charge >= 0.3 is 5.97 Å². The fraction of sp³-hybridized carbons (Fsp3) is 0.583. The van der Waals surface area contributed by atoms with Crippen molar-refractivity contribution < 1.29 is 9.53 Å². The molecule has 16 heavy (non-hydrogen) atoms. The molecule has 3 nitrogen and oxygen atoms in total. The largest absolute Gasteiger partial charge is 0.469 e. The molecule has 0 saturated carbocycles. The maximum atomic E-state index is 11.1. The van der Waals surface area contributed by atoms with Crippen LogP contribution >= 0.6 is 11.3 Å². The van der Waals surface area contributed by atoms with Crippen LogP contribution < -0.4 is 5.32 Å². The Hall–Kier alpha value is -0.870. The van der Waals surface area contributed by atoms with E-state index in [9.17, 15) is 4.79 Å². The van der Waals surface area contributed by atoms with Crippen LogP contribution in [-0.2, 0) is 9.53 Å². The van der Waals surface area contributed by atoms with Crippen molar-refractivity contribution in [1.29, 1.82) is 0 Å². The summed E-state index contributed by atoms with van der Waals surface area (Å²) in [5, 5.41) is 5.52. The number of methoxy groups -OCH3 is 1. The van der Waals surface area contributed by atoms with E-state index < -0.39 is 0 Å². The molecule has 1 aromatic rings. The molecule has 90 valence electrons. The van der Waals surface area contributed by atoms with Gasteiger partial charge in [-0.25, -0.2) is 0 Å². The number of hydrogen-bond acceptors (Lipinski definition) is 4. The Kier molecular flexibility index (Phi) is 5.49. The summed E-state index contributed by atoms with van der Waals surface area (Å²) in [5.41, 5.74) is 0. The number of ether oxygens (including phenoxy) is 1. The average molecular weight is 241 g/mol. The Morgan fingerprint density at radius 1 is 1.62 bits per heavy atom. The van der Waals surface area contributed by atoms with Crippen LogP contribution in [0.25, 0.3) is 0 Å². The highest BCUT2D eigenvalue weighted by atomic mass is 32.1. The van der Waals surface area contributed by atoms with Crippen LogP contribution in [0.1, 0.15) is 37.6 Å². The maximum Gasteiger partial charge on any atom is 0.307 e. The number of carbonyl (C=O) groups is 1. The van der Waals surface area contributed by atoms with Crippen LogP contribution in [0.3, 0.4) is 0 Å². The zero-order valence-corrected chi connectivity index (χ0v) is 10.8. The van der Waals surface area contributed by atoms with E-state index in [1.807, 2.05) is 6.92 Å². The van der Waals surface area contributed by atoms with Crippen molar-refractivity contribution in [3.05, 3.63) is 22.4 Å². The minimum atomic E-state index is -0.166. The van der Waals surface area contributed by atoms with Gasteiger partial charge in [-0.2, -0.15) is 0 Å². The lowest BCUT2D eigenvalue weighted by molar-refractivity contribution is -0.141. The molecular weight excluding hydrogens is 222 g/mol. The lowest BCUT2D eigenvalue weighted by atomic mass is 10.1. The van der Waals surface area contributed by atoms with Crippen LogP contribution in [0.15, 0.2) is 17.5 Å². The standard InChI is InChI=1S/C12H19NO2S/c1-4-10(11-6-5-7-16-11)13-9(2)8-12(14)15-3/h5-7,9-10,13H,4,8H2,1-3H3. The summed E-state index contributed by atoms with van der Waals surface area (Å²) < 4.78 is 4.65. The van der Waals surface area contributed by atoms with Gasteiger partial charge in [0.05, 0.1) is 13.5 Å². The molecular formula is C12H19NO2S. The molecule has 0 spiro atoms. The third-order valence-corrected chi connectivity index (χ3v) is 3.47. The number of hydrogen-bond donors (Lipinski definition) is 1. The highest BCUT2D eigenvalue weighted by Gasteiger charge is 2.15. The lowest BCUT2D eigenvalue weighted by Crippen LogP contribution is -2.32. The number of thiophene rings is 1. The lowest BCUT2D eigenvalue weighted by Gasteiger charge is -2.20. The van der Waals surface area contributed by atoms with E-state index in [1.54, 1.807) is 11.3 Å². The monoisotopic (exact) mass is 241 g/mol. The Morgan fingerprint density at radius 2 is 2.38 bits per heavy atom. The van der Waals surface area contributed by atoms with E-state index in [2.05, 4.69) is 34.5 Å². The second kappa shape index (κ2) is 6.66. The first-order valence-corrected chi connectivity index (χ1v) is 6.41. The SMILES string of the molecule is CCC(NC(C)CC(=O)OC)c1cccs1. The smallest absolute Gasteiger partial charge is 0.307 e. The van der Waals surface area contributed by atoms with Gasteiger partial charge in [-0.05, 0) is 24.8 Å². The summed E-state index contributed by atoms with van der Waals surface area (Å²) >= 11 is 1.74. The molecule has 0 aromatic carbocycles. The van der Waals surface area contributed by atoms with Gasteiger partial charge in [0.1, 0.15) is 0 Å². The van der Waals surface area contributed by atoms with Gasteiger partial charge in [0, 0.05) is 17.0 Å². The molecule has 0 radical (unpaired) electrons. The Balaban J connectivity index is 2.47. The van der Waals surface area contributed by atoms with Crippen molar-refractivity contribution in [2.24, 2.45) is 0 Å². The van der Waals surface area contributed by atoms with Crippen molar-refractivity contribution in [2.45, 2.75) is 38.8 Å². The summed E-state index contributed by atoms with van der Waals surface area (Å²) in [6.45, 7) is 4.15. The number of esters is 1. The topological polar surface area (TPSA) is 38.3 Å². The van der Waals surface area contributed by atoms with Gasteiger partial charge in [0.2, 0.25) is 0 Å². The Bertz CT molecular complexity index is 311. The molecule has 0 aliphatic rings. The molecule has 0 saturated heterocycles. The fourth-order valence-corrected chi connectivity index (χ4v) is 2.50. The number of rotatable bonds is 6.